The molecule has 0 aromatic rings. The van der Waals surface area contributed by atoms with Crippen LogP contribution in [0.4, 0.5) is 0 Å². The van der Waals surface area contributed by atoms with Gasteiger partial charge in [-0.15, -0.1) is 0 Å². The lowest BCUT2D eigenvalue weighted by atomic mass is 9.47. The minimum Gasteiger partial charge on any atom is -0.300 e. The number of carbonyl (C=O) groups is 2. The molecule has 0 aromatic heterocycles. The van der Waals surface area contributed by atoms with E-state index in [1.807, 2.05) is 6.08 Å². The second-order valence-corrected chi connectivity index (χ2v) is 9.25. The molecule has 1 unspecified atom stereocenters. The Kier molecular flexibility index (Phi) is 3.42. The van der Waals surface area contributed by atoms with Gasteiger partial charge in [0.05, 0.1) is 0 Å². The van der Waals surface area contributed by atoms with Gasteiger partial charge in [0, 0.05) is 12.3 Å². The molecule has 4 rings (SSSR count). The van der Waals surface area contributed by atoms with Crippen molar-refractivity contribution in [2.75, 3.05) is 0 Å². The quantitative estimate of drug-likeness (QED) is 0.701. The largest absolute Gasteiger partial charge is 0.300 e. The van der Waals surface area contributed by atoms with Gasteiger partial charge >= 0.3 is 0 Å². The normalized spacial score (nSPS) is 49.0. The lowest BCUT2D eigenvalue weighted by Gasteiger charge is -2.58. The summed E-state index contributed by atoms with van der Waals surface area (Å²) in [6.07, 6.45) is 10.9. The zero-order chi connectivity index (χ0) is 16.4. The number of fused-ring (bicyclic) bond motifs is 5. The molecule has 0 spiro atoms. The Morgan fingerprint density at radius 1 is 1.04 bits per heavy atom. The van der Waals surface area contributed by atoms with Crippen LogP contribution in [0.1, 0.15) is 72.1 Å². The van der Waals surface area contributed by atoms with Crippen LogP contribution in [0.25, 0.3) is 0 Å². The summed E-state index contributed by atoms with van der Waals surface area (Å²) in [6, 6.07) is 0. The summed E-state index contributed by atoms with van der Waals surface area (Å²) >= 11 is 0. The number of allylic oxidation sites excluding steroid dienone is 1. The molecule has 2 heteroatoms. The van der Waals surface area contributed by atoms with Gasteiger partial charge in [0.1, 0.15) is 5.78 Å². The Morgan fingerprint density at radius 2 is 1.83 bits per heavy atom. The van der Waals surface area contributed by atoms with Crippen molar-refractivity contribution < 1.29 is 9.59 Å². The highest BCUT2D eigenvalue weighted by Crippen LogP contribution is 2.66. The van der Waals surface area contributed by atoms with Crippen molar-refractivity contribution in [2.45, 2.75) is 72.1 Å². The molecular formula is C21H30O2. The van der Waals surface area contributed by atoms with Crippen LogP contribution in [-0.4, -0.2) is 11.6 Å². The molecule has 4 aliphatic rings. The second-order valence-electron chi connectivity index (χ2n) is 9.25. The lowest BCUT2D eigenvalue weighted by Crippen LogP contribution is -2.51. The van der Waals surface area contributed by atoms with Crippen LogP contribution in [0.3, 0.4) is 0 Å². The van der Waals surface area contributed by atoms with Gasteiger partial charge in [-0.1, -0.05) is 19.4 Å². The Hall–Kier alpha value is -0.920. The van der Waals surface area contributed by atoms with Crippen LogP contribution < -0.4 is 0 Å². The van der Waals surface area contributed by atoms with Crippen LogP contribution in [0.2, 0.25) is 0 Å². The standard InChI is InChI=1S/C21H30O2/c1-13(22)17-6-7-18-16-5-4-14-12-15(23)8-10-20(14,2)19(16)9-11-21(17,18)3/h12,16-19H,4-11H2,1-3H3/t16?,17-,18+,19+,20+,21-/m1/s1. The summed E-state index contributed by atoms with van der Waals surface area (Å²) < 4.78 is 0. The highest BCUT2D eigenvalue weighted by Gasteiger charge is 2.59. The van der Waals surface area contributed by atoms with Gasteiger partial charge in [-0.05, 0) is 86.5 Å². The molecule has 0 aromatic carbocycles. The average Bonchev–Trinajstić information content (AvgIpc) is 2.85. The first-order valence-corrected chi connectivity index (χ1v) is 9.60. The summed E-state index contributed by atoms with van der Waals surface area (Å²) in [6.45, 7) is 6.65. The number of carbonyl (C=O) groups excluding carboxylic acids is 2. The Bertz CT molecular complexity index is 589. The zero-order valence-corrected chi connectivity index (χ0v) is 14.9. The van der Waals surface area contributed by atoms with Crippen molar-refractivity contribution in [3.63, 3.8) is 0 Å². The minimum absolute atomic E-state index is 0.245. The van der Waals surface area contributed by atoms with Crippen LogP contribution in [0.15, 0.2) is 11.6 Å². The van der Waals surface area contributed by atoms with Crippen LogP contribution >= 0.6 is 0 Å². The molecule has 23 heavy (non-hydrogen) atoms. The van der Waals surface area contributed by atoms with Crippen molar-refractivity contribution in [3.8, 4) is 0 Å². The van der Waals surface area contributed by atoms with Gasteiger partial charge in [0.25, 0.3) is 0 Å². The van der Waals surface area contributed by atoms with E-state index in [9.17, 15) is 9.59 Å². The van der Waals surface area contributed by atoms with Gasteiger partial charge < -0.3 is 0 Å². The fourth-order valence-corrected chi connectivity index (χ4v) is 7.23. The number of Topliss-reactive ketones (excluding diaryl/α,β-unsaturated/α-hetero) is 1. The number of ketones is 2. The molecule has 126 valence electrons. The van der Waals surface area contributed by atoms with E-state index in [1.54, 1.807) is 6.92 Å². The maximum atomic E-state index is 12.1. The molecule has 0 bridgehead atoms. The first kappa shape index (κ1) is 15.6. The monoisotopic (exact) mass is 314 g/mol. The fourth-order valence-electron chi connectivity index (χ4n) is 7.23. The Labute approximate surface area is 140 Å². The third kappa shape index (κ3) is 2.06. The smallest absolute Gasteiger partial charge is 0.155 e. The Balaban J connectivity index is 1.67. The summed E-state index contributed by atoms with van der Waals surface area (Å²) in [5, 5.41) is 0. The lowest BCUT2D eigenvalue weighted by molar-refractivity contribution is -0.128. The van der Waals surface area contributed by atoms with E-state index in [4.69, 9.17) is 0 Å². The second kappa shape index (κ2) is 5.04. The summed E-state index contributed by atoms with van der Waals surface area (Å²) in [7, 11) is 0. The highest BCUT2D eigenvalue weighted by molar-refractivity contribution is 5.91. The van der Waals surface area contributed by atoms with Gasteiger partial charge in [0.15, 0.2) is 5.78 Å². The maximum absolute atomic E-state index is 12.1. The Morgan fingerprint density at radius 3 is 2.57 bits per heavy atom. The topological polar surface area (TPSA) is 34.1 Å². The average molecular weight is 314 g/mol. The first-order chi connectivity index (χ1) is 10.9. The predicted octanol–water partition coefficient (Wildman–Crippen LogP) is 4.72. The summed E-state index contributed by atoms with van der Waals surface area (Å²) in [5.41, 5.74) is 1.95. The molecule has 0 heterocycles. The van der Waals surface area contributed by atoms with Crippen molar-refractivity contribution >= 4 is 11.6 Å². The van der Waals surface area contributed by atoms with Crippen molar-refractivity contribution in [2.24, 2.45) is 34.5 Å². The molecule has 6 atom stereocenters. The van der Waals surface area contributed by atoms with Crippen LogP contribution in [0, 0.1) is 34.5 Å². The molecule has 2 nitrogen and oxygen atoms in total. The molecular weight excluding hydrogens is 284 g/mol. The maximum Gasteiger partial charge on any atom is 0.155 e. The van der Waals surface area contributed by atoms with E-state index in [1.165, 1.54) is 31.3 Å². The SMILES string of the molecule is CC(=O)[C@H]1CC[C@H]2C3CCC4=CC(=O)CC[C@]4(C)[C@H]3CC[C@]12C. The van der Waals surface area contributed by atoms with Gasteiger partial charge in [-0.2, -0.15) is 0 Å². The van der Waals surface area contributed by atoms with E-state index in [2.05, 4.69) is 13.8 Å². The van der Waals surface area contributed by atoms with E-state index in [0.29, 0.717) is 17.5 Å². The van der Waals surface area contributed by atoms with Gasteiger partial charge in [-0.3, -0.25) is 9.59 Å². The van der Waals surface area contributed by atoms with Crippen LogP contribution in [0.5, 0.6) is 0 Å². The van der Waals surface area contributed by atoms with E-state index < -0.39 is 0 Å². The minimum atomic E-state index is 0.245. The van der Waals surface area contributed by atoms with Gasteiger partial charge in [-0.25, -0.2) is 0 Å². The first-order valence-electron chi connectivity index (χ1n) is 9.60. The van der Waals surface area contributed by atoms with Crippen molar-refractivity contribution in [1.82, 2.24) is 0 Å². The zero-order valence-electron chi connectivity index (χ0n) is 14.9. The molecule has 0 radical (unpaired) electrons. The highest BCUT2D eigenvalue weighted by atomic mass is 16.1. The summed E-state index contributed by atoms with van der Waals surface area (Å²) in [5.74, 6) is 3.29. The van der Waals surface area contributed by atoms with E-state index in [-0.39, 0.29) is 10.8 Å². The van der Waals surface area contributed by atoms with Crippen molar-refractivity contribution in [3.05, 3.63) is 11.6 Å². The molecule has 3 saturated carbocycles. The molecule has 3 fully saturated rings. The van der Waals surface area contributed by atoms with E-state index in [0.717, 1.165) is 43.4 Å². The molecule has 0 aliphatic heterocycles. The van der Waals surface area contributed by atoms with Gasteiger partial charge in [0.2, 0.25) is 0 Å². The summed E-state index contributed by atoms with van der Waals surface area (Å²) in [4.78, 5) is 24.0. The number of hydrogen-bond donors (Lipinski definition) is 0. The third-order valence-electron chi connectivity index (χ3n) is 8.45. The number of rotatable bonds is 1. The molecule has 4 aliphatic carbocycles. The predicted molar refractivity (Wildman–Crippen MR) is 90.9 cm³/mol. The molecule has 0 amide bonds. The number of hydrogen-bond acceptors (Lipinski definition) is 2. The third-order valence-corrected chi connectivity index (χ3v) is 8.45. The van der Waals surface area contributed by atoms with Crippen LogP contribution in [-0.2, 0) is 9.59 Å². The van der Waals surface area contributed by atoms with Crippen molar-refractivity contribution in [1.29, 1.82) is 0 Å². The van der Waals surface area contributed by atoms with E-state index >= 15 is 0 Å². The molecule has 0 N–H and O–H groups in total. The molecule has 0 saturated heterocycles. The fraction of sp³-hybridized carbons (Fsp3) is 0.810.